The number of halogens is 3. The van der Waals surface area contributed by atoms with Gasteiger partial charge in [-0.25, -0.2) is 4.98 Å². The first-order valence-corrected chi connectivity index (χ1v) is 12.2. The molecular weight excluding hydrogens is 453 g/mol. The van der Waals surface area contributed by atoms with Gasteiger partial charge in [0.15, 0.2) is 0 Å². The van der Waals surface area contributed by atoms with Crippen molar-refractivity contribution < 1.29 is 17.9 Å². The molecule has 0 aliphatic heterocycles. The van der Waals surface area contributed by atoms with Gasteiger partial charge in [-0.15, -0.1) is 0 Å². The molecule has 1 saturated carbocycles. The van der Waals surface area contributed by atoms with Crippen LogP contribution in [0.4, 0.5) is 36.3 Å². The minimum atomic E-state index is -4.58. The molecule has 5 nitrogen and oxygen atoms in total. The van der Waals surface area contributed by atoms with Crippen molar-refractivity contribution in [3.63, 3.8) is 0 Å². The molecule has 4 rings (SSSR count). The molecule has 0 atom stereocenters. The lowest BCUT2D eigenvalue weighted by Gasteiger charge is -2.16. The predicted octanol–water partition coefficient (Wildman–Crippen LogP) is 8.04. The Hall–Kier alpha value is -3.29. The number of anilines is 4. The van der Waals surface area contributed by atoms with Crippen LogP contribution in [0.3, 0.4) is 0 Å². The molecule has 8 heteroatoms. The molecule has 2 aromatic carbocycles. The molecule has 1 aromatic heterocycles. The number of alkyl halides is 3. The molecular formula is C27H31F3N4O. The second-order valence-corrected chi connectivity index (χ2v) is 8.91. The van der Waals surface area contributed by atoms with Crippen molar-refractivity contribution in [2.75, 3.05) is 10.6 Å². The fraction of sp³-hybridized carbons (Fsp3) is 0.407. The highest BCUT2D eigenvalue weighted by atomic mass is 19.4. The van der Waals surface area contributed by atoms with Crippen molar-refractivity contribution in [3.8, 4) is 5.75 Å². The summed E-state index contributed by atoms with van der Waals surface area (Å²) in [4.78, 5) is 8.06. The zero-order valence-corrected chi connectivity index (χ0v) is 19.9. The third-order valence-corrected chi connectivity index (χ3v) is 6.07. The van der Waals surface area contributed by atoms with E-state index in [1.54, 1.807) is 18.2 Å². The van der Waals surface area contributed by atoms with E-state index in [-0.39, 0.29) is 17.9 Å². The Morgan fingerprint density at radius 1 is 0.971 bits per heavy atom. The summed E-state index contributed by atoms with van der Waals surface area (Å²) in [6, 6.07) is 14.7. The number of hydrogen-bond donors (Lipinski definition) is 2. The van der Waals surface area contributed by atoms with Gasteiger partial charge in [-0.1, -0.05) is 31.9 Å². The molecule has 35 heavy (non-hydrogen) atoms. The summed E-state index contributed by atoms with van der Waals surface area (Å²) in [5.41, 5.74) is 1.37. The molecule has 0 amide bonds. The number of ether oxygens (including phenoxy) is 1. The lowest BCUT2D eigenvalue weighted by molar-refractivity contribution is -0.137. The lowest BCUT2D eigenvalue weighted by atomic mass is 10.1. The minimum Gasteiger partial charge on any atom is -0.490 e. The van der Waals surface area contributed by atoms with Gasteiger partial charge in [-0.2, -0.15) is 18.2 Å². The van der Waals surface area contributed by atoms with Crippen LogP contribution < -0.4 is 15.4 Å². The zero-order chi connectivity index (χ0) is 24.7. The van der Waals surface area contributed by atoms with Crippen molar-refractivity contribution >= 4 is 23.1 Å². The highest BCUT2D eigenvalue weighted by molar-refractivity contribution is 5.63. The summed E-state index contributed by atoms with van der Waals surface area (Å²) in [5.74, 6) is 0.558. The van der Waals surface area contributed by atoms with Crippen LogP contribution in [0, 0.1) is 0 Å². The Balaban J connectivity index is 1.49. The van der Waals surface area contributed by atoms with Crippen molar-refractivity contribution in [1.82, 2.24) is 9.97 Å². The molecule has 0 spiro atoms. The van der Waals surface area contributed by atoms with E-state index in [0.717, 1.165) is 56.0 Å². The number of rotatable bonds is 10. The standard InChI is InChI=1S/C27H31F3N4O/c1-2-3-4-8-19-9-7-10-21(17-19)32-25-24(27(28,29)30)18-31-26(34-25)33-20-13-15-23(16-14-20)35-22-11-5-6-12-22/h7,9-10,13-18,22H,2-6,8,11-12H2,1H3,(H2,31,32,33,34). The summed E-state index contributed by atoms with van der Waals surface area (Å²) in [7, 11) is 0. The summed E-state index contributed by atoms with van der Waals surface area (Å²) in [5, 5.41) is 5.84. The fourth-order valence-electron chi connectivity index (χ4n) is 4.21. The van der Waals surface area contributed by atoms with E-state index in [2.05, 4.69) is 27.5 Å². The molecule has 0 bridgehead atoms. The van der Waals surface area contributed by atoms with Gasteiger partial charge in [0, 0.05) is 17.6 Å². The van der Waals surface area contributed by atoms with E-state index < -0.39 is 11.7 Å². The monoisotopic (exact) mass is 484 g/mol. The molecule has 1 fully saturated rings. The first kappa shape index (κ1) is 24.8. The average molecular weight is 485 g/mol. The Kier molecular flexibility index (Phi) is 8.10. The molecule has 2 N–H and O–H groups in total. The third kappa shape index (κ3) is 7.10. The average Bonchev–Trinajstić information content (AvgIpc) is 3.33. The smallest absolute Gasteiger partial charge is 0.421 e. The number of hydrogen-bond acceptors (Lipinski definition) is 5. The summed E-state index contributed by atoms with van der Waals surface area (Å²) >= 11 is 0. The van der Waals surface area contributed by atoms with E-state index >= 15 is 0 Å². The summed E-state index contributed by atoms with van der Waals surface area (Å²) in [6.45, 7) is 2.13. The molecule has 0 unspecified atom stereocenters. The van der Waals surface area contributed by atoms with Crippen molar-refractivity contribution in [3.05, 3.63) is 65.9 Å². The van der Waals surface area contributed by atoms with Crippen LogP contribution in [-0.2, 0) is 12.6 Å². The second-order valence-electron chi connectivity index (χ2n) is 8.91. The lowest BCUT2D eigenvalue weighted by Crippen LogP contribution is -2.13. The van der Waals surface area contributed by atoms with Gasteiger partial charge >= 0.3 is 6.18 Å². The van der Waals surface area contributed by atoms with Gasteiger partial charge in [0.05, 0.1) is 6.10 Å². The van der Waals surface area contributed by atoms with Crippen molar-refractivity contribution in [1.29, 1.82) is 0 Å². The van der Waals surface area contributed by atoms with Gasteiger partial charge in [-0.3, -0.25) is 0 Å². The number of benzene rings is 2. The summed E-state index contributed by atoms with van der Waals surface area (Å²) in [6.07, 6.45) is 5.14. The molecule has 186 valence electrons. The van der Waals surface area contributed by atoms with Crippen LogP contribution in [0.5, 0.6) is 5.75 Å². The highest BCUT2D eigenvalue weighted by Crippen LogP contribution is 2.35. The maximum atomic E-state index is 13.7. The molecule has 3 aromatic rings. The minimum absolute atomic E-state index is 0.0732. The first-order valence-electron chi connectivity index (χ1n) is 12.2. The first-order chi connectivity index (χ1) is 16.9. The van der Waals surface area contributed by atoms with Crippen LogP contribution >= 0.6 is 0 Å². The maximum Gasteiger partial charge on any atom is 0.421 e. The Bertz CT molecular complexity index is 1100. The summed E-state index contributed by atoms with van der Waals surface area (Å²) < 4.78 is 46.9. The topological polar surface area (TPSA) is 59.1 Å². The number of nitrogens with one attached hydrogen (secondary N) is 2. The molecule has 1 aliphatic carbocycles. The van der Waals surface area contributed by atoms with E-state index in [9.17, 15) is 13.2 Å². The van der Waals surface area contributed by atoms with Gasteiger partial charge in [0.25, 0.3) is 0 Å². The molecule has 1 heterocycles. The predicted molar refractivity (Wildman–Crippen MR) is 133 cm³/mol. The quantitative estimate of drug-likeness (QED) is 0.285. The Morgan fingerprint density at radius 2 is 1.74 bits per heavy atom. The van der Waals surface area contributed by atoms with Gasteiger partial charge in [-0.05, 0) is 80.5 Å². The molecule has 1 aliphatic rings. The third-order valence-electron chi connectivity index (χ3n) is 6.07. The Labute approximate surface area is 204 Å². The number of unbranched alkanes of at least 4 members (excludes halogenated alkanes) is 2. The fourth-order valence-corrected chi connectivity index (χ4v) is 4.21. The number of nitrogens with zero attached hydrogens (tertiary/aromatic N) is 2. The van der Waals surface area contributed by atoms with Crippen LogP contribution in [-0.4, -0.2) is 16.1 Å². The van der Waals surface area contributed by atoms with E-state index in [1.165, 1.54) is 12.8 Å². The van der Waals surface area contributed by atoms with Gasteiger partial charge < -0.3 is 15.4 Å². The second kappa shape index (κ2) is 11.4. The van der Waals surface area contributed by atoms with E-state index in [0.29, 0.717) is 11.4 Å². The van der Waals surface area contributed by atoms with Crippen LogP contribution in [0.25, 0.3) is 0 Å². The molecule has 0 radical (unpaired) electrons. The highest BCUT2D eigenvalue weighted by Gasteiger charge is 2.35. The van der Waals surface area contributed by atoms with Gasteiger partial charge in [0.1, 0.15) is 17.1 Å². The number of aromatic nitrogens is 2. The largest absolute Gasteiger partial charge is 0.490 e. The van der Waals surface area contributed by atoms with Crippen molar-refractivity contribution in [2.24, 2.45) is 0 Å². The van der Waals surface area contributed by atoms with Gasteiger partial charge in [0.2, 0.25) is 5.95 Å². The van der Waals surface area contributed by atoms with E-state index in [1.807, 2.05) is 30.3 Å². The Morgan fingerprint density at radius 3 is 2.46 bits per heavy atom. The van der Waals surface area contributed by atoms with Crippen LogP contribution in [0.2, 0.25) is 0 Å². The normalized spacial score (nSPS) is 14.2. The number of aryl methyl sites for hydroxylation is 1. The van der Waals surface area contributed by atoms with Crippen LogP contribution in [0.15, 0.2) is 54.7 Å². The van der Waals surface area contributed by atoms with E-state index in [4.69, 9.17) is 4.74 Å². The maximum absolute atomic E-state index is 13.7. The van der Waals surface area contributed by atoms with Crippen LogP contribution in [0.1, 0.15) is 63.0 Å². The SMILES string of the molecule is CCCCCc1cccc(Nc2nc(Nc3ccc(OC4CCCC4)cc3)ncc2C(F)(F)F)c1. The molecule has 0 saturated heterocycles. The van der Waals surface area contributed by atoms with Crippen molar-refractivity contribution in [2.45, 2.75) is 70.6 Å². The zero-order valence-electron chi connectivity index (χ0n) is 19.9.